The summed E-state index contributed by atoms with van der Waals surface area (Å²) in [7, 11) is 0. The van der Waals surface area contributed by atoms with Crippen molar-refractivity contribution >= 4 is 40.0 Å². The van der Waals surface area contributed by atoms with Crippen LogP contribution in [0.2, 0.25) is 5.02 Å². The van der Waals surface area contributed by atoms with Crippen LogP contribution >= 0.6 is 11.6 Å². The lowest BCUT2D eigenvalue weighted by Crippen LogP contribution is -2.20. The number of nitrogens with one attached hydrogen (secondary N) is 1. The average molecular weight is 480 g/mol. The molecule has 0 bridgehead atoms. The number of aromatic nitrogens is 1. The molecule has 1 unspecified atom stereocenters. The van der Waals surface area contributed by atoms with Crippen molar-refractivity contribution in [2.75, 3.05) is 11.9 Å². The number of oxazole rings is 1. The highest BCUT2D eigenvalue weighted by Gasteiger charge is 2.17. The molecule has 9 heteroatoms. The summed E-state index contributed by atoms with van der Waals surface area (Å²) in [4.78, 5) is 27.6. The molecule has 0 aliphatic heterocycles. The van der Waals surface area contributed by atoms with Gasteiger partial charge in [-0.3, -0.25) is 14.9 Å². The largest absolute Gasteiger partial charge is 0.477 e. The first kappa shape index (κ1) is 23.3. The van der Waals surface area contributed by atoms with Gasteiger partial charge in [0.15, 0.2) is 17.9 Å². The van der Waals surface area contributed by atoms with E-state index in [0.29, 0.717) is 33.7 Å². The number of hydrogen-bond donors (Lipinski definition) is 1. The van der Waals surface area contributed by atoms with Crippen LogP contribution in [0.25, 0.3) is 22.6 Å². The Labute approximate surface area is 200 Å². The maximum absolute atomic E-state index is 12.4. The van der Waals surface area contributed by atoms with Crippen LogP contribution in [0.15, 0.2) is 65.1 Å². The number of rotatable bonds is 8. The SMILES string of the molecule is CCC(C)c1ccc2oc(-c3ccc(Cl)c(NC(=O)COc4ccccc4[N+](=O)[O-])c3)nc2c1. The number of hydrogen-bond acceptors (Lipinski definition) is 6. The zero-order valence-electron chi connectivity index (χ0n) is 18.6. The number of ether oxygens (including phenoxy) is 1. The molecular formula is C25H22ClN3O5. The van der Waals surface area contributed by atoms with Crippen molar-refractivity contribution in [2.45, 2.75) is 26.2 Å². The minimum Gasteiger partial charge on any atom is -0.477 e. The van der Waals surface area contributed by atoms with Crippen molar-refractivity contribution in [2.24, 2.45) is 0 Å². The minimum atomic E-state index is -0.570. The predicted octanol–water partition coefficient (Wildman–Crippen LogP) is 6.59. The van der Waals surface area contributed by atoms with Crippen LogP contribution in [0.1, 0.15) is 31.7 Å². The summed E-state index contributed by atoms with van der Waals surface area (Å²) in [5, 5.41) is 14.1. The predicted molar refractivity (Wildman–Crippen MR) is 130 cm³/mol. The Morgan fingerprint density at radius 2 is 2.00 bits per heavy atom. The molecule has 0 saturated carbocycles. The van der Waals surface area contributed by atoms with Crippen LogP contribution in [0.3, 0.4) is 0 Å². The molecule has 34 heavy (non-hydrogen) atoms. The van der Waals surface area contributed by atoms with Gasteiger partial charge >= 0.3 is 5.69 Å². The number of halogens is 1. The molecule has 3 aromatic carbocycles. The number of nitro groups is 1. The lowest BCUT2D eigenvalue weighted by molar-refractivity contribution is -0.385. The van der Waals surface area contributed by atoms with Gasteiger partial charge in [-0.25, -0.2) is 4.98 Å². The highest BCUT2D eigenvalue weighted by Crippen LogP contribution is 2.32. The summed E-state index contributed by atoms with van der Waals surface area (Å²) in [5.74, 6) is 0.305. The Kier molecular flexibility index (Phi) is 6.79. The second-order valence-electron chi connectivity index (χ2n) is 7.81. The van der Waals surface area contributed by atoms with Gasteiger partial charge < -0.3 is 14.5 Å². The molecule has 0 saturated heterocycles. The number of nitrogens with zero attached hydrogens (tertiary/aromatic N) is 2. The summed E-state index contributed by atoms with van der Waals surface area (Å²) in [6.45, 7) is 3.88. The average Bonchev–Trinajstić information content (AvgIpc) is 3.27. The van der Waals surface area contributed by atoms with E-state index in [0.717, 1.165) is 11.9 Å². The summed E-state index contributed by atoms with van der Waals surface area (Å²) in [6, 6.07) is 16.9. The van der Waals surface area contributed by atoms with E-state index in [9.17, 15) is 14.9 Å². The third-order valence-corrected chi connectivity index (χ3v) is 5.83. The molecule has 1 aromatic heterocycles. The topological polar surface area (TPSA) is 108 Å². The molecule has 0 aliphatic rings. The van der Waals surface area contributed by atoms with Gasteiger partial charge in [0.05, 0.1) is 15.6 Å². The van der Waals surface area contributed by atoms with Gasteiger partial charge in [0, 0.05) is 11.6 Å². The summed E-state index contributed by atoms with van der Waals surface area (Å²) in [5.41, 5.74) is 3.38. The van der Waals surface area contributed by atoms with Crippen LogP contribution < -0.4 is 10.1 Å². The number of carbonyl (C=O) groups excluding carboxylic acids is 1. The van der Waals surface area contributed by atoms with Crippen molar-refractivity contribution in [3.8, 4) is 17.2 Å². The number of benzene rings is 3. The smallest absolute Gasteiger partial charge is 0.310 e. The third kappa shape index (κ3) is 5.02. The molecule has 1 N–H and O–H groups in total. The highest BCUT2D eigenvalue weighted by molar-refractivity contribution is 6.33. The second kappa shape index (κ2) is 9.93. The molecular weight excluding hydrogens is 458 g/mol. The van der Waals surface area contributed by atoms with Crippen molar-refractivity contribution in [1.82, 2.24) is 4.98 Å². The van der Waals surface area contributed by atoms with Crippen LogP contribution in [-0.4, -0.2) is 22.4 Å². The number of para-hydroxylation sites is 2. The third-order valence-electron chi connectivity index (χ3n) is 5.50. The maximum atomic E-state index is 12.4. The van der Waals surface area contributed by atoms with Crippen LogP contribution in [-0.2, 0) is 4.79 Å². The lowest BCUT2D eigenvalue weighted by atomic mass is 9.98. The first-order chi connectivity index (χ1) is 16.4. The van der Waals surface area contributed by atoms with Crippen LogP contribution in [0.4, 0.5) is 11.4 Å². The quantitative estimate of drug-likeness (QED) is 0.225. The zero-order valence-corrected chi connectivity index (χ0v) is 19.3. The van der Waals surface area contributed by atoms with Crippen molar-refractivity contribution in [3.63, 3.8) is 0 Å². The maximum Gasteiger partial charge on any atom is 0.310 e. The van der Waals surface area contributed by atoms with Crippen LogP contribution in [0, 0.1) is 10.1 Å². The summed E-state index contributed by atoms with van der Waals surface area (Å²) in [6.07, 6.45) is 1.03. The van der Waals surface area contributed by atoms with E-state index in [1.54, 1.807) is 24.3 Å². The summed E-state index contributed by atoms with van der Waals surface area (Å²) < 4.78 is 11.2. The van der Waals surface area contributed by atoms with Gasteiger partial charge in [0.25, 0.3) is 5.91 Å². The molecule has 0 radical (unpaired) electrons. The fourth-order valence-electron chi connectivity index (χ4n) is 3.42. The Balaban J connectivity index is 1.51. The van der Waals surface area contributed by atoms with E-state index in [1.165, 1.54) is 23.8 Å². The molecule has 1 amide bonds. The van der Waals surface area contributed by atoms with Gasteiger partial charge in [-0.15, -0.1) is 0 Å². The number of amides is 1. The Morgan fingerprint density at radius 3 is 2.76 bits per heavy atom. The first-order valence-corrected chi connectivity index (χ1v) is 11.1. The van der Waals surface area contributed by atoms with E-state index in [-0.39, 0.29) is 11.4 Å². The molecule has 0 fully saturated rings. The van der Waals surface area contributed by atoms with Crippen LogP contribution in [0.5, 0.6) is 5.75 Å². The molecule has 4 aromatic rings. The Bertz CT molecular complexity index is 1370. The van der Waals surface area contributed by atoms with Gasteiger partial charge in [0.2, 0.25) is 5.89 Å². The number of anilines is 1. The normalized spacial score (nSPS) is 11.9. The lowest BCUT2D eigenvalue weighted by Gasteiger charge is -2.10. The molecule has 0 aliphatic carbocycles. The van der Waals surface area contributed by atoms with Gasteiger partial charge in [-0.2, -0.15) is 0 Å². The van der Waals surface area contributed by atoms with E-state index in [4.69, 9.17) is 20.8 Å². The molecule has 8 nitrogen and oxygen atoms in total. The standard InChI is InChI=1S/C25H22ClN3O5/c1-3-15(2)16-9-11-22-20(12-16)28-25(34-22)17-8-10-18(26)19(13-17)27-24(30)14-33-23-7-5-4-6-21(23)29(31)32/h4-13,15H,3,14H2,1-2H3,(H,27,30). The number of carbonyl (C=O) groups is 1. The Hall–Kier alpha value is -3.91. The van der Waals surface area contributed by atoms with E-state index in [2.05, 4.69) is 24.1 Å². The second-order valence-corrected chi connectivity index (χ2v) is 8.22. The minimum absolute atomic E-state index is 0.00531. The first-order valence-electron chi connectivity index (χ1n) is 10.7. The molecule has 1 heterocycles. The zero-order chi connectivity index (χ0) is 24.2. The van der Waals surface area contributed by atoms with E-state index in [1.807, 2.05) is 18.2 Å². The molecule has 4 rings (SSSR count). The fourth-order valence-corrected chi connectivity index (χ4v) is 3.59. The van der Waals surface area contributed by atoms with E-state index < -0.39 is 17.4 Å². The monoisotopic (exact) mass is 479 g/mol. The summed E-state index contributed by atoms with van der Waals surface area (Å²) >= 11 is 6.27. The fraction of sp³-hybridized carbons (Fsp3) is 0.200. The molecule has 1 atom stereocenters. The van der Waals surface area contributed by atoms with Gasteiger partial charge in [-0.05, 0) is 54.3 Å². The van der Waals surface area contributed by atoms with Crippen molar-refractivity contribution < 1.29 is 18.9 Å². The van der Waals surface area contributed by atoms with Crippen molar-refractivity contribution in [3.05, 3.63) is 81.4 Å². The Morgan fingerprint density at radius 1 is 1.21 bits per heavy atom. The van der Waals surface area contributed by atoms with Crippen molar-refractivity contribution in [1.29, 1.82) is 0 Å². The van der Waals surface area contributed by atoms with E-state index >= 15 is 0 Å². The molecule has 0 spiro atoms. The number of fused-ring (bicyclic) bond motifs is 1. The van der Waals surface area contributed by atoms with Gasteiger partial charge in [-0.1, -0.05) is 43.6 Å². The number of nitro benzene ring substituents is 1. The molecule has 174 valence electrons. The van der Waals surface area contributed by atoms with Gasteiger partial charge in [0.1, 0.15) is 5.52 Å². The highest BCUT2D eigenvalue weighted by atomic mass is 35.5.